The molecule has 108 valence electrons. The van der Waals surface area contributed by atoms with E-state index < -0.39 is 0 Å². The summed E-state index contributed by atoms with van der Waals surface area (Å²) in [6.07, 6.45) is 0.582. The fourth-order valence-corrected chi connectivity index (χ4v) is 2.26. The molecule has 0 bridgehead atoms. The number of aromatic nitrogens is 2. The van der Waals surface area contributed by atoms with Gasteiger partial charge in [0.25, 0.3) is 0 Å². The van der Waals surface area contributed by atoms with Gasteiger partial charge in [0.15, 0.2) is 0 Å². The van der Waals surface area contributed by atoms with Gasteiger partial charge in [0, 0.05) is 12.3 Å². The highest BCUT2D eigenvalue weighted by atomic mass is 35.5. The molecule has 6 heteroatoms. The lowest BCUT2D eigenvalue weighted by molar-refractivity contribution is -0.141. The minimum atomic E-state index is -0.318. The quantitative estimate of drug-likeness (QED) is 0.607. The number of hydrogen-bond acceptors (Lipinski definition) is 4. The van der Waals surface area contributed by atoms with Crippen LogP contribution in [0.4, 0.5) is 0 Å². The lowest BCUT2D eigenvalue weighted by Crippen LogP contribution is -2.14. The predicted octanol–water partition coefficient (Wildman–Crippen LogP) is 2.39. The van der Waals surface area contributed by atoms with E-state index in [1.54, 1.807) is 0 Å². The molecule has 0 saturated heterocycles. The van der Waals surface area contributed by atoms with Crippen LogP contribution in [0.25, 0.3) is 11.0 Å². The third kappa shape index (κ3) is 2.88. The fraction of sp³-hybridized carbons (Fsp3) is 0.429. The van der Waals surface area contributed by atoms with Gasteiger partial charge >= 0.3 is 5.97 Å². The monoisotopic (exact) mass is 296 g/mol. The average Bonchev–Trinajstić information content (AvgIpc) is 2.79. The summed E-state index contributed by atoms with van der Waals surface area (Å²) < 4.78 is 12.1. The number of halogens is 1. The Balaban J connectivity index is 2.53. The van der Waals surface area contributed by atoms with Crippen LogP contribution < -0.4 is 4.74 Å². The van der Waals surface area contributed by atoms with Crippen LogP contribution in [-0.2, 0) is 22.5 Å². The van der Waals surface area contributed by atoms with Crippen LogP contribution in [0.2, 0.25) is 0 Å². The third-order valence-corrected chi connectivity index (χ3v) is 3.14. The van der Waals surface area contributed by atoms with Gasteiger partial charge in [-0.1, -0.05) is 6.07 Å². The predicted molar refractivity (Wildman–Crippen MR) is 77.3 cm³/mol. The highest BCUT2D eigenvalue weighted by Gasteiger charge is 2.16. The zero-order chi connectivity index (χ0) is 14.5. The lowest BCUT2D eigenvalue weighted by Gasteiger charge is -2.07. The minimum absolute atomic E-state index is 0.120. The standard InChI is InChI=1S/C14H17ClN2O3/c1-3-20-11-6-4-5-10-14(11)16-12(7-8-15)17(10)9-13(18)19-2/h4-6H,3,7-9H2,1-2H3. The van der Waals surface area contributed by atoms with Gasteiger partial charge in [0.05, 0.1) is 19.2 Å². The number of carbonyl (C=O) groups is 1. The molecule has 0 aliphatic rings. The summed E-state index contributed by atoms with van der Waals surface area (Å²) in [6.45, 7) is 2.60. The number of imidazole rings is 1. The van der Waals surface area contributed by atoms with E-state index in [0.29, 0.717) is 24.7 Å². The number of benzene rings is 1. The summed E-state index contributed by atoms with van der Waals surface area (Å²) in [7, 11) is 1.37. The van der Waals surface area contributed by atoms with Crippen molar-refractivity contribution in [3.05, 3.63) is 24.0 Å². The molecule has 0 N–H and O–H groups in total. The van der Waals surface area contributed by atoms with Crippen molar-refractivity contribution in [1.82, 2.24) is 9.55 Å². The number of alkyl halides is 1. The largest absolute Gasteiger partial charge is 0.492 e. The van der Waals surface area contributed by atoms with E-state index in [2.05, 4.69) is 4.98 Å². The van der Waals surface area contributed by atoms with E-state index in [1.165, 1.54) is 7.11 Å². The van der Waals surface area contributed by atoms with E-state index >= 15 is 0 Å². The van der Waals surface area contributed by atoms with E-state index in [-0.39, 0.29) is 12.5 Å². The molecule has 1 aromatic carbocycles. The van der Waals surface area contributed by atoms with Crippen LogP contribution in [0, 0.1) is 0 Å². The maximum absolute atomic E-state index is 11.6. The average molecular weight is 297 g/mol. The number of rotatable bonds is 6. The maximum Gasteiger partial charge on any atom is 0.325 e. The Morgan fingerprint density at radius 3 is 2.90 bits per heavy atom. The van der Waals surface area contributed by atoms with Crippen molar-refractivity contribution in [3.8, 4) is 5.75 Å². The number of methoxy groups -OCH3 is 1. The van der Waals surface area contributed by atoms with E-state index in [1.807, 2.05) is 29.7 Å². The first-order valence-electron chi connectivity index (χ1n) is 6.45. The zero-order valence-corrected chi connectivity index (χ0v) is 12.3. The lowest BCUT2D eigenvalue weighted by atomic mass is 10.3. The maximum atomic E-state index is 11.6. The van der Waals surface area contributed by atoms with Gasteiger partial charge in [-0.3, -0.25) is 4.79 Å². The topological polar surface area (TPSA) is 53.4 Å². The molecular weight excluding hydrogens is 280 g/mol. The molecule has 1 aromatic heterocycles. The van der Waals surface area contributed by atoms with Gasteiger partial charge in [-0.05, 0) is 19.1 Å². The number of esters is 1. The van der Waals surface area contributed by atoms with Gasteiger partial charge in [-0.25, -0.2) is 4.98 Å². The second-order valence-electron chi connectivity index (χ2n) is 4.19. The number of hydrogen-bond donors (Lipinski definition) is 0. The summed E-state index contributed by atoms with van der Waals surface area (Å²) in [5, 5.41) is 0. The van der Waals surface area contributed by atoms with Crippen molar-refractivity contribution in [2.24, 2.45) is 0 Å². The molecule has 0 fully saturated rings. The molecule has 0 aliphatic carbocycles. The Bertz CT molecular complexity index is 610. The summed E-state index contributed by atoms with van der Waals surface area (Å²) >= 11 is 5.81. The van der Waals surface area contributed by atoms with E-state index in [0.717, 1.165) is 16.9 Å². The molecular formula is C14H17ClN2O3. The highest BCUT2D eigenvalue weighted by molar-refractivity contribution is 6.17. The number of carbonyl (C=O) groups excluding carboxylic acids is 1. The van der Waals surface area contributed by atoms with Crippen molar-refractivity contribution >= 4 is 28.6 Å². The van der Waals surface area contributed by atoms with Crippen molar-refractivity contribution in [2.45, 2.75) is 19.9 Å². The smallest absolute Gasteiger partial charge is 0.325 e. The van der Waals surface area contributed by atoms with Crippen molar-refractivity contribution in [3.63, 3.8) is 0 Å². The fourth-order valence-electron chi connectivity index (χ4n) is 2.09. The second-order valence-corrected chi connectivity index (χ2v) is 4.56. The normalized spacial score (nSPS) is 10.8. The number of para-hydroxylation sites is 1. The molecule has 0 aliphatic heterocycles. The molecule has 5 nitrogen and oxygen atoms in total. The van der Waals surface area contributed by atoms with Crippen LogP contribution in [0.5, 0.6) is 5.75 Å². The summed E-state index contributed by atoms with van der Waals surface area (Å²) in [5.74, 6) is 1.59. The number of nitrogens with zero attached hydrogens (tertiary/aromatic N) is 2. The molecule has 2 aromatic rings. The first-order chi connectivity index (χ1) is 9.71. The van der Waals surface area contributed by atoms with Crippen LogP contribution in [0.3, 0.4) is 0 Å². The minimum Gasteiger partial charge on any atom is -0.492 e. The Morgan fingerprint density at radius 1 is 1.45 bits per heavy atom. The zero-order valence-electron chi connectivity index (χ0n) is 11.6. The molecule has 0 radical (unpaired) electrons. The van der Waals surface area contributed by atoms with Crippen molar-refractivity contribution < 1.29 is 14.3 Å². The molecule has 0 saturated carbocycles. The van der Waals surface area contributed by atoms with E-state index in [4.69, 9.17) is 21.1 Å². The molecule has 20 heavy (non-hydrogen) atoms. The number of ether oxygens (including phenoxy) is 2. The SMILES string of the molecule is CCOc1cccc2c1nc(CCCl)n2CC(=O)OC. The highest BCUT2D eigenvalue weighted by Crippen LogP contribution is 2.26. The summed E-state index contributed by atoms with van der Waals surface area (Å²) in [5.41, 5.74) is 1.60. The first kappa shape index (κ1) is 14.7. The van der Waals surface area contributed by atoms with Crippen molar-refractivity contribution in [2.75, 3.05) is 19.6 Å². The molecule has 2 rings (SSSR count). The van der Waals surface area contributed by atoms with Crippen LogP contribution in [-0.4, -0.2) is 35.1 Å². The molecule has 1 heterocycles. The number of fused-ring (bicyclic) bond motifs is 1. The third-order valence-electron chi connectivity index (χ3n) is 2.95. The molecule has 0 atom stereocenters. The Morgan fingerprint density at radius 2 is 2.25 bits per heavy atom. The Hall–Kier alpha value is -1.75. The molecule has 0 amide bonds. The Labute approximate surface area is 122 Å². The van der Waals surface area contributed by atoms with Gasteiger partial charge in [0.1, 0.15) is 23.6 Å². The van der Waals surface area contributed by atoms with Gasteiger partial charge in [-0.15, -0.1) is 11.6 Å². The Kier molecular flexibility index (Phi) is 4.84. The first-order valence-corrected chi connectivity index (χ1v) is 6.98. The van der Waals surface area contributed by atoms with Crippen LogP contribution in [0.15, 0.2) is 18.2 Å². The summed E-state index contributed by atoms with van der Waals surface area (Å²) in [6, 6.07) is 5.66. The van der Waals surface area contributed by atoms with Gasteiger partial charge in [-0.2, -0.15) is 0 Å². The second kappa shape index (κ2) is 6.61. The van der Waals surface area contributed by atoms with E-state index in [9.17, 15) is 4.79 Å². The van der Waals surface area contributed by atoms with Crippen LogP contribution in [0.1, 0.15) is 12.7 Å². The molecule has 0 unspecified atom stereocenters. The number of aryl methyl sites for hydroxylation is 1. The molecule has 0 spiro atoms. The van der Waals surface area contributed by atoms with Gasteiger partial charge < -0.3 is 14.0 Å². The van der Waals surface area contributed by atoms with Crippen molar-refractivity contribution in [1.29, 1.82) is 0 Å². The van der Waals surface area contributed by atoms with Gasteiger partial charge in [0.2, 0.25) is 0 Å². The summed E-state index contributed by atoms with van der Waals surface area (Å²) in [4.78, 5) is 16.1. The van der Waals surface area contributed by atoms with Crippen LogP contribution >= 0.6 is 11.6 Å².